The molecule has 120 valence electrons. The number of hydrogen-bond donors (Lipinski definition) is 1. The Bertz CT molecular complexity index is 717. The van der Waals surface area contributed by atoms with Gasteiger partial charge in [0.25, 0.3) is 0 Å². The molecule has 0 radical (unpaired) electrons. The van der Waals surface area contributed by atoms with Gasteiger partial charge in [-0.3, -0.25) is 0 Å². The maximum atomic E-state index is 9.83. The van der Waals surface area contributed by atoms with Gasteiger partial charge in [0, 0.05) is 7.05 Å². The minimum Gasteiger partial charge on any atom is -0.483 e. The summed E-state index contributed by atoms with van der Waals surface area (Å²) in [6.07, 6.45) is 2.19. The highest BCUT2D eigenvalue weighted by molar-refractivity contribution is 5.84. The van der Waals surface area contributed by atoms with Gasteiger partial charge in [0.05, 0.1) is 5.69 Å². The van der Waals surface area contributed by atoms with Gasteiger partial charge < -0.3 is 19.6 Å². The zero-order valence-corrected chi connectivity index (χ0v) is 13.6. The number of anilines is 2. The van der Waals surface area contributed by atoms with Gasteiger partial charge in [-0.2, -0.15) is 0 Å². The van der Waals surface area contributed by atoms with Crippen molar-refractivity contribution in [1.82, 2.24) is 0 Å². The largest absolute Gasteiger partial charge is 0.483 e. The molecule has 23 heavy (non-hydrogen) atoms. The average molecular weight is 310 g/mol. The predicted octanol–water partition coefficient (Wildman–Crippen LogP) is 3.30. The second-order valence-corrected chi connectivity index (χ2v) is 6.33. The monoisotopic (exact) mass is 310 g/mol. The number of aliphatic hydroxyl groups is 1. The molecule has 0 spiro atoms. The lowest BCUT2D eigenvalue weighted by molar-refractivity contribution is 0.176. The zero-order chi connectivity index (χ0) is 16.0. The summed E-state index contributed by atoms with van der Waals surface area (Å²) in [5.41, 5.74) is 4.60. The van der Waals surface area contributed by atoms with E-state index in [1.54, 1.807) is 0 Å². The lowest BCUT2D eigenvalue weighted by Crippen LogP contribution is -2.39. The molecule has 0 amide bonds. The summed E-state index contributed by atoms with van der Waals surface area (Å²) in [7, 11) is 2.06. The van der Waals surface area contributed by atoms with Gasteiger partial charge >= 0.3 is 0 Å². The van der Waals surface area contributed by atoms with Crippen molar-refractivity contribution >= 4 is 11.4 Å². The van der Waals surface area contributed by atoms with Gasteiger partial charge in [-0.25, -0.2) is 0 Å². The van der Waals surface area contributed by atoms with Gasteiger partial charge in [0.2, 0.25) is 0 Å². The van der Waals surface area contributed by atoms with E-state index in [1.165, 1.54) is 11.1 Å². The molecule has 2 aromatic rings. The molecule has 4 heteroatoms. The molecule has 1 N–H and O–H groups in total. The first-order valence-corrected chi connectivity index (χ1v) is 8.18. The van der Waals surface area contributed by atoms with E-state index < -0.39 is 0 Å². The molecule has 2 unspecified atom stereocenters. The first kappa shape index (κ1) is 14.4. The van der Waals surface area contributed by atoms with Crippen LogP contribution in [-0.4, -0.2) is 25.1 Å². The van der Waals surface area contributed by atoms with Crippen LogP contribution in [0, 0.1) is 0 Å². The van der Waals surface area contributed by atoms with Gasteiger partial charge in [0.1, 0.15) is 30.4 Å². The maximum Gasteiger partial charge on any atom is 0.149 e. The van der Waals surface area contributed by atoms with E-state index in [4.69, 9.17) is 4.74 Å². The Morgan fingerprint density at radius 3 is 2.70 bits per heavy atom. The fourth-order valence-electron chi connectivity index (χ4n) is 3.67. The summed E-state index contributed by atoms with van der Waals surface area (Å²) in [5, 5.41) is 9.83. The van der Waals surface area contributed by atoms with Crippen molar-refractivity contribution in [3.63, 3.8) is 0 Å². The Balaban J connectivity index is 1.77. The summed E-state index contributed by atoms with van der Waals surface area (Å²) in [6, 6.07) is 14.7. The van der Waals surface area contributed by atoms with Crippen molar-refractivity contribution in [2.45, 2.75) is 32.0 Å². The topological polar surface area (TPSA) is 35.9 Å². The van der Waals surface area contributed by atoms with E-state index >= 15 is 0 Å². The molecule has 2 aliphatic rings. The van der Waals surface area contributed by atoms with Crippen molar-refractivity contribution in [3.8, 4) is 5.75 Å². The zero-order valence-electron chi connectivity index (χ0n) is 13.6. The Hall–Kier alpha value is -2.20. The van der Waals surface area contributed by atoms with E-state index in [-0.39, 0.29) is 19.0 Å². The molecule has 0 fully saturated rings. The molecule has 4 rings (SSSR count). The number of nitrogens with zero attached hydrogens (tertiary/aromatic N) is 2. The molecule has 2 aromatic carbocycles. The van der Waals surface area contributed by atoms with E-state index in [0.29, 0.717) is 0 Å². The fraction of sp³-hybridized carbons (Fsp3) is 0.368. The number of aryl methyl sites for hydroxylation is 1. The Morgan fingerprint density at radius 2 is 1.96 bits per heavy atom. The molecule has 0 bridgehead atoms. The first-order chi connectivity index (χ1) is 11.2. The maximum absolute atomic E-state index is 9.83. The molecule has 2 aliphatic heterocycles. The van der Waals surface area contributed by atoms with Crippen LogP contribution in [0.2, 0.25) is 0 Å². The Kier molecular flexibility index (Phi) is 3.42. The molecular weight excluding hydrogens is 288 g/mol. The molecule has 0 aromatic heterocycles. The van der Waals surface area contributed by atoms with Crippen LogP contribution < -0.4 is 14.5 Å². The predicted molar refractivity (Wildman–Crippen MR) is 92.0 cm³/mol. The third-order valence-electron chi connectivity index (χ3n) is 5.13. The third kappa shape index (κ3) is 2.17. The molecule has 2 heterocycles. The van der Waals surface area contributed by atoms with Crippen molar-refractivity contribution < 1.29 is 9.84 Å². The number of ether oxygens (including phenoxy) is 1. The highest BCUT2D eigenvalue weighted by Crippen LogP contribution is 2.50. The Morgan fingerprint density at radius 1 is 1.17 bits per heavy atom. The van der Waals surface area contributed by atoms with Crippen molar-refractivity contribution in [3.05, 3.63) is 53.6 Å². The normalized spacial score (nSPS) is 22.6. The van der Waals surface area contributed by atoms with E-state index in [9.17, 15) is 5.11 Å². The molecule has 4 nitrogen and oxygen atoms in total. The van der Waals surface area contributed by atoms with Gasteiger partial charge in [-0.05, 0) is 37.0 Å². The highest BCUT2D eigenvalue weighted by Gasteiger charge is 2.36. The van der Waals surface area contributed by atoms with Crippen LogP contribution in [0.15, 0.2) is 42.5 Å². The number of aliphatic hydroxyl groups excluding tert-OH is 1. The average Bonchev–Trinajstić information content (AvgIpc) is 2.86. The van der Waals surface area contributed by atoms with Crippen LogP contribution in [-0.2, 0) is 6.42 Å². The summed E-state index contributed by atoms with van der Waals surface area (Å²) < 4.78 is 6.41. The minimum absolute atomic E-state index is 0.00563. The molecule has 0 saturated carbocycles. The van der Waals surface area contributed by atoms with E-state index in [0.717, 1.165) is 30.0 Å². The number of hydrogen-bond acceptors (Lipinski definition) is 4. The standard InChI is InChI=1S/C19H22N2O2/c1-13-20(2)16-10-8-15-9-11-17(14-6-4-3-5-7-14)23-19(15)18(16)21(13)12-22/h3-8,10,13,17,22H,9,11-12H2,1-2H3. The molecule has 2 atom stereocenters. The van der Waals surface area contributed by atoms with Crippen LogP contribution in [0.3, 0.4) is 0 Å². The molecule has 0 saturated heterocycles. The number of fused-ring (bicyclic) bond motifs is 3. The van der Waals surface area contributed by atoms with Crippen molar-refractivity contribution in [1.29, 1.82) is 0 Å². The summed E-state index contributed by atoms with van der Waals surface area (Å²) in [4.78, 5) is 4.18. The van der Waals surface area contributed by atoms with Gasteiger partial charge in [-0.1, -0.05) is 36.4 Å². The third-order valence-corrected chi connectivity index (χ3v) is 5.13. The van der Waals surface area contributed by atoms with Crippen molar-refractivity contribution in [2.75, 3.05) is 23.6 Å². The minimum atomic E-state index is -0.00563. The molecular formula is C19H22N2O2. The van der Waals surface area contributed by atoms with E-state index in [2.05, 4.69) is 55.3 Å². The smallest absolute Gasteiger partial charge is 0.149 e. The summed E-state index contributed by atoms with van der Waals surface area (Å²) in [5.74, 6) is 0.938. The van der Waals surface area contributed by atoms with Crippen molar-refractivity contribution in [2.24, 2.45) is 0 Å². The van der Waals surface area contributed by atoms with Crippen LogP contribution in [0.5, 0.6) is 5.75 Å². The van der Waals surface area contributed by atoms with Crippen LogP contribution >= 0.6 is 0 Å². The van der Waals surface area contributed by atoms with Crippen LogP contribution in [0.1, 0.15) is 30.6 Å². The quantitative estimate of drug-likeness (QED) is 0.923. The molecule has 0 aliphatic carbocycles. The lowest BCUT2D eigenvalue weighted by Gasteiger charge is -2.30. The highest BCUT2D eigenvalue weighted by atomic mass is 16.5. The summed E-state index contributed by atoms with van der Waals surface area (Å²) in [6.45, 7) is 2.09. The Labute approximate surface area is 136 Å². The number of benzene rings is 2. The SMILES string of the molecule is CC1N(C)c2ccc3c(c2N1CO)OC(c1ccccc1)CC3. The lowest BCUT2D eigenvalue weighted by atomic mass is 9.96. The van der Waals surface area contributed by atoms with E-state index in [1.807, 2.05) is 11.0 Å². The second kappa shape index (κ2) is 5.46. The number of rotatable bonds is 2. The first-order valence-electron chi connectivity index (χ1n) is 8.18. The second-order valence-electron chi connectivity index (χ2n) is 6.33. The van der Waals surface area contributed by atoms with Crippen LogP contribution in [0.25, 0.3) is 0 Å². The van der Waals surface area contributed by atoms with Crippen LogP contribution in [0.4, 0.5) is 11.4 Å². The fourth-order valence-corrected chi connectivity index (χ4v) is 3.67. The van der Waals surface area contributed by atoms with Gasteiger partial charge in [0.15, 0.2) is 0 Å². The van der Waals surface area contributed by atoms with Gasteiger partial charge in [-0.15, -0.1) is 0 Å². The summed E-state index contributed by atoms with van der Waals surface area (Å²) >= 11 is 0.